The summed E-state index contributed by atoms with van der Waals surface area (Å²) in [5, 5.41) is 0. The van der Waals surface area contributed by atoms with Gasteiger partial charge in [0.2, 0.25) is 0 Å². The van der Waals surface area contributed by atoms with Crippen molar-refractivity contribution in [2.75, 3.05) is 0 Å². The highest BCUT2D eigenvalue weighted by Gasteiger charge is 2.44. The third-order valence-corrected chi connectivity index (χ3v) is 3.76. The van der Waals surface area contributed by atoms with Crippen LogP contribution in [-0.4, -0.2) is 12.7 Å². The number of rotatable bonds is 2. The van der Waals surface area contributed by atoms with Gasteiger partial charge in [0.1, 0.15) is 5.60 Å². The highest BCUT2D eigenvalue weighted by Crippen LogP contribution is 2.36. The van der Waals surface area contributed by atoms with Crippen LogP contribution in [0, 0.1) is 5.92 Å². The molecule has 0 spiro atoms. The maximum absolute atomic E-state index is 5.88. The molecule has 0 aromatic heterocycles. The Morgan fingerprint density at radius 1 is 1.56 bits per heavy atom. The Balaban J connectivity index is 2.01. The zero-order valence-corrected chi connectivity index (χ0v) is 10.6. The second-order valence-corrected chi connectivity index (χ2v) is 5.33. The molecule has 1 fully saturated rings. The Labute approximate surface area is 98.8 Å². The zero-order chi connectivity index (χ0) is 11.8. The van der Waals surface area contributed by atoms with Crippen LogP contribution >= 0.6 is 0 Å². The smallest absolute Gasteiger partial charge is 0.534 e. The van der Waals surface area contributed by atoms with Gasteiger partial charge in [-0.05, 0) is 44.5 Å². The van der Waals surface area contributed by atoms with Crippen LogP contribution in [0.3, 0.4) is 0 Å². The minimum Gasteiger partial charge on any atom is -0.534 e. The van der Waals surface area contributed by atoms with Crippen molar-refractivity contribution in [3.63, 3.8) is 0 Å². The summed E-state index contributed by atoms with van der Waals surface area (Å²) >= 11 is 0. The average molecular weight is 220 g/mol. The summed E-state index contributed by atoms with van der Waals surface area (Å²) in [6.45, 7) is 10.2. The van der Waals surface area contributed by atoms with Crippen LogP contribution in [0.15, 0.2) is 23.9 Å². The molecule has 0 bridgehead atoms. The van der Waals surface area contributed by atoms with E-state index in [0.29, 0.717) is 0 Å². The van der Waals surface area contributed by atoms with Gasteiger partial charge in [-0.15, -0.1) is 0 Å². The van der Waals surface area contributed by atoms with E-state index >= 15 is 0 Å². The molecule has 1 aliphatic carbocycles. The Bertz CT molecular complexity index is 320. The molecule has 0 saturated carbocycles. The summed E-state index contributed by atoms with van der Waals surface area (Å²) in [4.78, 5) is 0. The van der Waals surface area contributed by atoms with Crippen LogP contribution < -0.4 is 0 Å². The minimum absolute atomic E-state index is 0.180. The van der Waals surface area contributed by atoms with Gasteiger partial charge in [0, 0.05) is 0 Å². The van der Waals surface area contributed by atoms with E-state index in [-0.39, 0.29) is 12.7 Å². The third kappa shape index (κ3) is 2.19. The van der Waals surface area contributed by atoms with Crippen LogP contribution in [-0.2, 0) is 9.31 Å². The lowest BCUT2D eigenvalue weighted by molar-refractivity contribution is 0.171. The number of allylic oxidation sites excluding steroid dienone is 2. The van der Waals surface area contributed by atoms with Gasteiger partial charge >= 0.3 is 7.12 Å². The quantitative estimate of drug-likeness (QED) is 0.663. The van der Waals surface area contributed by atoms with E-state index in [1.165, 1.54) is 24.7 Å². The van der Waals surface area contributed by atoms with Crippen LogP contribution in [0.25, 0.3) is 0 Å². The molecule has 0 amide bonds. The summed E-state index contributed by atoms with van der Waals surface area (Å²) in [7, 11) is -0.180. The van der Waals surface area contributed by atoms with Crippen molar-refractivity contribution in [3.8, 4) is 0 Å². The molecule has 0 aromatic rings. The van der Waals surface area contributed by atoms with Crippen LogP contribution in [0.1, 0.15) is 46.5 Å². The molecule has 1 heterocycles. The Morgan fingerprint density at radius 3 is 2.75 bits per heavy atom. The second-order valence-electron chi connectivity index (χ2n) is 5.33. The molecule has 0 aromatic carbocycles. The fourth-order valence-corrected chi connectivity index (χ4v) is 2.27. The lowest BCUT2D eigenvalue weighted by atomic mass is 9.70. The lowest BCUT2D eigenvalue weighted by Crippen LogP contribution is -2.26. The monoisotopic (exact) mass is 220 g/mol. The standard InChI is InChI=1S/C13H21BO2/c1-5-11-6-8-12(9-7-11)14-15-10(2)13(3,4)16-14/h8,11H,2,5-7,9H2,1,3-4H3. The Morgan fingerprint density at radius 2 is 2.31 bits per heavy atom. The molecular weight excluding hydrogens is 199 g/mol. The minimum atomic E-state index is -0.340. The van der Waals surface area contributed by atoms with Crippen molar-refractivity contribution in [2.24, 2.45) is 5.92 Å². The molecule has 16 heavy (non-hydrogen) atoms. The number of hydrogen-bond donors (Lipinski definition) is 0. The molecule has 1 aliphatic heterocycles. The van der Waals surface area contributed by atoms with E-state index in [1.807, 2.05) is 13.8 Å². The van der Waals surface area contributed by atoms with Crippen molar-refractivity contribution in [1.29, 1.82) is 0 Å². The molecule has 0 radical (unpaired) electrons. The second kappa shape index (κ2) is 4.29. The predicted octanol–water partition coefficient (Wildman–Crippen LogP) is 3.49. The van der Waals surface area contributed by atoms with Gasteiger partial charge in [0.15, 0.2) is 0 Å². The van der Waals surface area contributed by atoms with Crippen LogP contribution in [0.2, 0.25) is 0 Å². The zero-order valence-electron chi connectivity index (χ0n) is 10.6. The lowest BCUT2D eigenvalue weighted by Gasteiger charge is -2.21. The summed E-state index contributed by atoms with van der Waals surface area (Å²) in [5.41, 5.74) is 0.962. The fraction of sp³-hybridized carbons (Fsp3) is 0.692. The van der Waals surface area contributed by atoms with Crippen molar-refractivity contribution >= 4 is 7.12 Å². The SMILES string of the molecule is C=C1OB(C2=CCC(CC)CC2)OC1(C)C. The first-order valence-corrected chi connectivity index (χ1v) is 6.25. The third-order valence-electron chi connectivity index (χ3n) is 3.76. The summed E-state index contributed by atoms with van der Waals surface area (Å²) in [6, 6.07) is 0. The molecule has 2 aliphatic rings. The summed E-state index contributed by atoms with van der Waals surface area (Å²) < 4.78 is 11.6. The van der Waals surface area contributed by atoms with E-state index in [9.17, 15) is 0 Å². The molecule has 0 N–H and O–H groups in total. The first-order valence-electron chi connectivity index (χ1n) is 6.25. The van der Waals surface area contributed by atoms with E-state index in [4.69, 9.17) is 9.31 Å². The maximum atomic E-state index is 5.88. The van der Waals surface area contributed by atoms with Gasteiger partial charge in [-0.2, -0.15) is 0 Å². The van der Waals surface area contributed by atoms with Crippen molar-refractivity contribution in [2.45, 2.75) is 52.1 Å². The molecule has 88 valence electrons. The van der Waals surface area contributed by atoms with Crippen LogP contribution in [0.4, 0.5) is 0 Å². The van der Waals surface area contributed by atoms with E-state index in [2.05, 4.69) is 19.6 Å². The first kappa shape index (κ1) is 11.8. The van der Waals surface area contributed by atoms with Crippen molar-refractivity contribution in [1.82, 2.24) is 0 Å². The van der Waals surface area contributed by atoms with E-state index in [0.717, 1.165) is 18.1 Å². The van der Waals surface area contributed by atoms with Crippen LogP contribution in [0.5, 0.6) is 0 Å². The molecule has 1 unspecified atom stereocenters. The van der Waals surface area contributed by atoms with Gasteiger partial charge in [0.25, 0.3) is 0 Å². The topological polar surface area (TPSA) is 18.5 Å². The Hall–Kier alpha value is -0.695. The normalized spacial score (nSPS) is 28.9. The van der Waals surface area contributed by atoms with Crippen molar-refractivity contribution < 1.29 is 9.31 Å². The molecular formula is C13H21BO2. The highest BCUT2D eigenvalue weighted by molar-refractivity contribution is 6.55. The maximum Gasteiger partial charge on any atom is 0.558 e. The summed E-state index contributed by atoms with van der Waals surface area (Å²) in [6.07, 6.45) is 7.11. The molecule has 1 atom stereocenters. The average Bonchev–Trinajstić information content (AvgIpc) is 2.54. The largest absolute Gasteiger partial charge is 0.558 e. The Kier molecular flexibility index (Phi) is 3.16. The molecule has 1 saturated heterocycles. The van der Waals surface area contributed by atoms with Gasteiger partial charge in [-0.1, -0.05) is 26.0 Å². The molecule has 3 heteroatoms. The first-order chi connectivity index (χ1) is 7.53. The van der Waals surface area contributed by atoms with Gasteiger partial charge in [-0.3, -0.25) is 0 Å². The molecule has 2 nitrogen and oxygen atoms in total. The summed E-state index contributed by atoms with van der Waals surface area (Å²) in [5.74, 6) is 1.59. The van der Waals surface area contributed by atoms with E-state index in [1.54, 1.807) is 0 Å². The number of hydrogen-bond acceptors (Lipinski definition) is 2. The van der Waals surface area contributed by atoms with E-state index < -0.39 is 0 Å². The van der Waals surface area contributed by atoms with Gasteiger partial charge in [-0.25, -0.2) is 0 Å². The molecule has 2 rings (SSSR count). The highest BCUT2D eigenvalue weighted by atomic mass is 16.7. The van der Waals surface area contributed by atoms with Crippen molar-refractivity contribution in [3.05, 3.63) is 23.9 Å². The fourth-order valence-electron chi connectivity index (χ4n) is 2.27. The van der Waals surface area contributed by atoms with Gasteiger partial charge < -0.3 is 9.31 Å². The van der Waals surface area contributed by atoms with Gasteiger partial charge in [0.05, 0.1) is 5.76 Å². The predicted molar refractivity (Wildman–Crippen MR) is 66.9 cm³/mol.